The monoisotopic (exact) mass is 594 g/mol. The highest BCUT2D eigenvalue weighted by Crippen LogP contribution is 2.33. The van der Waals surface area contributed by atoms with Crippen molar-refractivity contribution >= 4 is 0 Å². The molecule has 0 aromatic heterocycles. The molecule has 0 aliphatic heterocycles. The van der Waals surface area contributed by atoms with Gasteiger partial charge in [-0.3, -0.25) is 0 Å². The average molecular weight is 595 g/mol. The molecular formula is C32H26F8O2. The van der Waals surface area contributed by atoms with E-state index in [2.05, 4.69) is 4.74 Å². The Labute approximate surface area is 237 Å². The number of halogens is 8. The van der Waals surface area contributed by atoms with Gasteiger partial charge >= 0.3 is 18.6 Å². The molecule has 2 nitrogen and oxygen atoms in total. The fraction of sp³-hybridized carbons (Fsp3) is 0.250. The predicted molar refractivity (Wildman–Crippen MR) is 143 cm³/mol. The molecule has 0 bridgehead atoms. The first-order chi connectivity index (χ1) is 19.9. The van der Waals surface area contributed by atoms with Gasteiger partial charge in [-0.2, -0.15) is 26.3 Å². The normalized spacial score (nSPS) is 12.0. The van der Waals surface area contributed by atoms with E-state index in [1.54, 1.807) is 30.3 Å². The molecular weight excluding hydrogens is 568 g/mol. The molecule has 0 heterocycles. The number of benzene rings is 4. The lowest BCUT2D eigenvalue weighted by molar-refractivity contribution is -0.254. The van der Waals surface area contributed by atoms with Gasteiger partial charge in [0.2, 0.25) is 0 Å². The predicted octanol–water partition coefficient (Wildman–Crippen LogP) is 10.1. The van der Waals surface area contributed by atoms with E-state index in [0.29, 0.717) is 22.3 Å². The third-order valence-electron chi connectivity index (χ3n) is 6.43. The zero-order valence-electron chi connectivity index (χ0n) is 22.3. The number of rotatable bonds is 12. The van der Waals surface area contributed by atoms with Gasteiger partial charge in [-0.15, -0.1) is 0 Å². The van der Waals surface area contributed by atoms with Gasteiger partial charge in [-0.25, -0.2) is 8.78 Å². The molecule has 0 aliphatic carbocycles. The van der Waals surface area contributed by atoms with Crippen LogP contribution in [-0.2, 0) is 12.8 Å². The molecule has 0 unspecified atom stereocenters. The van der Waals surface area contributed by atoms with Crippen molar-refractivity contribution in [1.29, 1.82) is 0 Å². The van der Waals surface area contributed by atoms with Gasteiger partial charge in [0.1, 0.15) is 11.6 Å². The summed E-state index contributed by atoms with van der Waals surface area (Å²) in [5, 5.41) is 0. The fourth-order valence-corrected chi connectivity index (χ4v) is 4.27. The summed E-state index contributed by atoms with van der Waals surface area (Å²) in [6, 6.07) is 19.6. The van der Waals surface area contributed by atoms with E-state index in [1.165, 1.54) is 30.3 Å². The number of alkyl halides is 6. The SMILES string of the molecule is CCCc1ccc(-c2ccc(CCC(F)(F)Oc3ccc(-c4ccc(OC(F)(F)C(F)F)c(F)c4)cc3)cc2)c(F)c1. The Bertz CT molecular complexity index is 1490. The third-order valence-corrected chi connectivity index (χ3v) is 6.43. The Morgan fingerprint density at radius 2 is 1.26 bits per heavy atom. The number of hydrogen-bond donors (Lipinski definition) is 0. The molecule has 0 radical (unpaired) electrons. The van der Waals surface area contributed by atoms with E-state index in [4.69, 9.17) is 4.74 Å². The molecule has 42 heavy (non-hydrogen) atoms. The fourth-order valence-electron chi connectivity index (χ4n) is 4.27. The van der Waals surface area contributed by atoms with Gasteiger partial charge in [-0.1, -0.05) is 67.9 Å². The van der Waals surface area contributed by atoms with Crippen LogP contribution in [0.5, 0.6) is 11.5 Å². The van der Waals surface area contributed by atoms with E-state index in [-0.39, 0.29) is 23.6 Å². The molecule has 4 aromatic rings. The zero-order valence-corrected chi connectivity index (χ0v) is 22.3. The summed E-state index contributed by atoms with van der Waals surface area (Å²) in [7, 11) is 0. The summed E-state index contributed by atoms with van der Waals surface area (Å²) in [4.78, 5) is 0. The van der Waals surface area contributed by atoms with Gasteiger partial charge in [0.15, 0.2) is 11.6 Å². The highest BCUT2D eigenvalue weighted by atomic mass is 19.3. The van der Waals surface area contributed by atoms with E-state index >= 15 is 0 Å². The molecule has 0 amide bonds. The molecule has 0 saturated heterocycles. The number of aryl methyl sites for hydroxylation is 2. The molecule has 4 aromatic carbocycles. The van der Waals surface area contributed by atoms with Crippen LogP contribution in [0, 0.1) is 11.6 Å². The Hall–Kier alpha value is -4.08. The molecule has 10 heteroatoms. The Morgan fingerprint density at radius 3 is 1.86 bits per heavy atom. The molecule has 4 rings (SSSR count). The summed E-state index contributed by atoms with van der Waals surface area (Å²) in [6.45, 7) is 2.01. The van der Waals surface area contributed by atoms with Crippen LogP contribution in [0.15, 0.2) is 84.9 Å². The summed E-state index contributed by atoms with van der Waals surface area (Å²) in [5.74, 6) is -2.88. The quantitative estimate of drug-likeness (QED) is 0.152. The second kappa shape index (κ2) is 12.8. The Kier molecular flexibility index (Phi) is 9.43. The van der Waals surface area contributed by atoms with Crippen LogP contribution >= 0.6 is 0 Å². The molecule has 0 spiro atoms. The van der Waals surface area contributed by atoms with Crippen LogP contribution in [0.3, 0.4) is 0 Å². The van der Waals surface area contributed by atoms with Crippen molar-refractivity contribution in [3.63, 3.8) is 0 Å². The van der Waals surface area contributed by atoms with Gasteiger partial charge in [0, 0.05) is 5.56 Å². The van der Waals surface area contributed by atoms with E-state index in [1.807, 2.05) is 13.0 Å². The second-order valence-electron chi connectivity index (χ2n) is 9.63. The maximum atomic E-state index is 14.6. The maximum Gasteiger partial charge on any atom is 0.461 e. The van der Waals surface area contributed by atoms with Crippen molar-refractivity contribution in [2.24, 2.45) is 0 Å². The van der Waals surface area contributed by atoms with Crippen molar-refractivity contribution < 1.29 is 44.6 Å². The van der Waals surface area contributed by atoms with E-state index < -0.39 is 36.6 Å². The van der Waals surface area contributed by atoms with Crippen LogP contribution in [0.25, 0.3) is 22.3 Å². The minimum absolute atomic E-state index is 0.0123. The minimum Gasteiger partial charge on any atom is -0.433 e. The van der Waals surface area contributed by atoms with E-state index in [0.717, 1.165) is 36.6 Å². The van der Waals surface area contributed by atoms with Gasteiger partial charge in [0.05, 0.1) is 6.42 Å². The molecule has 222 valence electrons. The van der Waals surface area contributed by atoms with Crippen molar-refractivity contribution in [3.05, 3.63) is 108 Å². The first-order valence-electron chi connectivity index (χ1n) is 13.1. The largest absolute Gasteiger partial charge is 0.461 e. The highest BCUT2D eigenvalue weighted by Gasteiger charge is 2.44. The van der Waals surface area contributed by atoms with Crippen molar-refractivity contribution in [3.8, 4) is 33.8 Å². The average Bonchev–Trinajstić information content (AvgIpc) is 2.94. The second-order valence-corrected chi connectivity index (χ2v) is 9.63. The molecule has 0 aliphatic rings. The molecule has 0 saturated carbocycles. The summed E-state index contributed by atoms with van der Waals surface area (Å²) >= 11 is 0. The van der Waals surface area contributed by atoms with Gasteiger partial charge in [-0.05, 0) is 71.0 Å². The van der Waals surface area contributed by atoms with Crippen molar-refractivity contribution in [1.82, 2.24) is 0 Å². The summed E-state index contributed by atoms with van der Waals surface area (Å²) in [5.41, 5.74) is 3.08. The Balaban J connectivity index is 1.35. The summed E-state index contributed by atoms with van der Waals surface area (Å²) in [6.07, 6.45) is -11.5. The van der Waals surface area contributed by atoms with Crippen LogP contribution in [0.1, 0.15) is 30.9 Å². The lowest BCUT2D eigenvalue weighted by atomic mass is 9.99. The lowest BCUT2D eigenvalue weighted by Crippen LogP contribution is -2.33. The molecule has 0 fully saturated rings. The molecule has 0 N–H and O–H groups in total. The Morgan fingerprint density at radius 1 is 0.643 bits per heavy atom. The zero-order chi connectivity index (χ0) is 30.5. The van der Waals surface area contributed by atoms with Crippen LogP contribution in [-0.4, -0.2) is 18.6 Å². The van der Waals surface area contributed by atoms with Gasteiger partial charge < -0.3 is 9.47 Å². The lowest BCUT2D eigenvalue weighted by Gasteiger charge is -2.19. The van der Waals surface area contributed by atoms with E-state index in [9.17, 15) is 35.1 Å². The van der Waals surface area contributed by atoms with Crippen molar-refractivity contribution in [2.45, 2.75) is 51.2 Å². The van der Waals surface area contributed by atoms with Crippen LogP contribution in [0.4, 0.5) is 35.1 Å². The standard InChI is InChI=1S/C32H26F8O2/c1-2-3-21-6-14-26(27(33)18-21)23-7-4-20(5-8-23)16-17-31(37,38)41-25-12-9-22(10-13-25)24-11-15-29(28(34)19-24)42-32(39,40)30(35)36/h4-15,18-19,30H,2-3,16-17H2,1H3. The number of hydrogen-bond acceptors (Lipinski definition) is 2. The maximum absolute atomic E-state index is 14.6. The van der Waals surface area contributed by atoms with Gasteiger partial charge in [0.25, 0.3) is 0 Å². The highest BCUT2D eigenvalue weighted by molar-refractivity contribution is 5.66. The first kappa shape index (κ1) is 30.9. The van der Waals surface area contributed by atoms with Crippen molar-refractivity contribution in [2.75, 3.05) is 0 Å². The van der Waals surface area contributed by atoms with Crippen LogP contribution < -0.4 is 9.47 Å². The van der Waals surface area contributed by atoms with Crippen LogP contribution in [0.2, 0.25) is 0 Å². The molecule has 0 atom stereocenters. The smallest absolute Gasteiger partial charge is 0.433 e. The summed E-state index contributed by atoms with van der Waals surface area (Å²) < 4.78 is 117. The third kappa shape index (κ3) is 7.80. The first-order valence-corrected chi connectivity index (χ1v) is 13.1. The topological polar surface area (TPSA) is 18.5 Å². The number of ether oxygens (including phenoxy) is 2. The minimum atomic E-state index is -4.86.